The number of rotatable bonds is 6. The van der Waals surface area contributed by atoms with Crippen molar-refractivity contribution in [3.63, 3.8) is 0 Å². The third kappa shape index (κ3) is 5.59. The van der Waals surface area contributed by atoms with E-state index in [1.54, 1.807) is 18.2 Å². The van der Waals surface area contributed by atoms with Gasteiger partial charge in [0.05, 0.1) is 12.1 Å². The van der Waals surface area contributed by atoms with E-state index < -0.39 is 43.1 Å². The Labute approximate surface area is 202 Å². The van der Waals surface area contributed by atoms with E-state index in [0.717, 1.165) is 4.90 Å². The van der Waals surface area contributed by atoms with Gasteiger partial charge in [-0.15, -0.1) is 13.2 Å². The highest BCUT2D eigenvalue weighted by molar-refractivity contribution is 6.08. The van der Waals surface area contributed by atoms with E-state index in [2.05, 4.69) is 14.6 Å². The Morgan fingerprint density at radius 3 is 2.44 bits per heavy atom. The van der Waals surface area contributed by atoms with Gasteiger partial charge in [0.25, 0.3) is 5.92 Å². The first kappa shape index (κ1) is 25.0. The summed E-state index contributed by atoms with van der Waals surface area (Å²) in [4.78, 5) is 33.5. The summed E-state index contributed by atoms with van der Waals surface area (Å²) in [6.07, 6.45) is -5.93. The molecule has 186 valence electrons. The number of amides is 1. The Hall–Kier alpha value is -4.07. The van der Waals surface area contributed by atoms with Crippen LogP contribution in [0.2, 0.25) is 0 Å². The number of fused-ring (bicyclic) bond motifs is 1. The number of likely N-dealkylation sites (tertiary alicyclic amines) is 1. The van der Waals surface area contributed by atoms with Gasteiger partial charge in [0.15, 0.2) is 5.78 Å². The van der Waals surface area contributed by atoms with Crippen molar-refractivity contribution in [1.82, 2.24) is 9.88 Å². The Kier molecular flexibility index (Phi) is 6.63. The normalized spacial score (nSPS) is 17.1. The molecule has 0 saturated carbocycles. The minimum Gasteiger partial charge on any atom is -0.406 e. The number of hydrogen-bond donors (Lipinski definition) is 0. The molecule has 0 aliphatic carbocycles. The molecule has 2 aromatic carbocycles. The number of benzene rings is 2. The second-order valence-electron chi connectivity index (χ2n) is 8.28. The predicted octanol–water partition coefficient (Wildman–Crippen LogP) is 5.88. The molecule has 0 spiro atoms. The van der Waals surface area contributed by atoms with Crippen molar-refractivity contribution in [2.45, 2.75) is 37.7 Å². The largest absolute Gasteiger partial charge is 0.573 e. The molecule has 11 heteroatoms. The molecule has 0 bridgehead atoms. The average molecular weight is 503 g/mol. The molecule has 1 fully saturated rings. The zero-order valence-corrected chi connectivity index (χ0v) is 18.6. The lowest BCUT2D eigenvalue weighted by Gasteiger charge is -2.16. The highest BCUT2D eigenvalue weighted by Gasteiger charge is 2.50. The molecule has 1 aromatic heterocycles. The van der Waals surface area contributed by atoms with Gasteiger partial charge >= 0.3 is 12.5 Å². The number of aromatic nitrogens is 1. The van der Waals surface area contributed by atoms with Crippen LogP contribution in [0.1, 0.15) is 29.6 Å². The first-order valence-corrected chi connectivity index (χ1v) is 10.8. The lowest BCUT2D eigenvalue weighted by Crippen LogP contribution is -2.35. The van der Waals surface area contributed by atoms with Crippen LogP contribution in [0.15, 0.2) is 54.7 Å². The maximum absolute atomic E-state index is 13.6. The SMILES string of the molecule is [C-]#[N+][C@@H]1CC(F)(F)CN1C(=O)CCC(=O)c1ccnc2ccc(-c3ccc(OC(F)(F)F)cc3)cc12. The van der Waals surface area contributed by atoms with E-state index in [1.165, 1.54) is 36.5 Å². The topological polar surface area (TPSA) is 63.9 Å². The Bertz CT molecular complexity index is 1350. The first-order chi connectivity index (χ1) is 17.0. The minimum absolute atomic E-state index is 0.252. The highest BCUT2D eigenvalue weighted by Crippen LogP contribution is 2.34. The first-order valence-electron chi connectivity index (χ1n) is 10.8. The lowest BCUT2D eigenvalue weighted by atomic mass is 9.97. The summed E-state index contributed by atoms with van der Waals surface area (Å²) in [7, 11) is 0. The maximum atomic E-state index is 13.6. The van der Waals surface area contributed by atoms with Gasteiger partial charge in [-0.25, -0.2) is 15.4 Å². The molecule has 0 N–H and O–H groups in total. The summed E-state index contributed by atoms with van der Waals surface area (Å²) in [6.45, 7) is 6.20. The molecule has 1 aliphatic rings. The number of carbonyl (C=O) groups is 2. The van der Waals surface area contributed by atoms with E-state index >= 15 is 0 Å². The van der Waals surface area contributed by atoms with E-state index in [4.69, 9.17) is 6.57 Å². The molecule has 2 heterocycles. The van der Waals surface area contributed by atoms with Crippen LogP contribution >= 0.6 is 0 Å². The van der Waals surface area contributed by atoms with Crippen LogP contribution < -0.4 is 4.74 Å². The molecule has 4 rings (SSSR count). The number of pyridine rings is 1. The molecular formula is C25H18F5N3O3. The zero-order valence-electron chi connectivity index (χ0n) is 18.6. The number of Topliss-reactive ketones (excluding diaryl/α,β-unsaturated/α-hetero) is 1. The van der Waals surface area contributed by atoms with Crippen LogP contribution in [0, 0.1) is 6.57 Å². The predicted molar refractivity (Wildman–Crippen MR) is 119 cm³/mol. The van der Waals surface area contributed by atoms with E-state index in [-0.39, 0.29) is 24.2 Å². The molecule has 0 radical (unpaired) electrons. The Morgan fingerprint density at radius 2 is 1.78 bits per heavy atom. The summed E-state index contributed by atoms with van der Waals surface area (Å²) >= 11 is 0. The van der Waals surface area contributed by atoms with Gasteiger partial charge in [-0.3, -0.25) is 24.3 Å². The molecule has 1 saturated heterocycles. The van der Waals surface area contributed by atoms with E-state index in [1.807, 2.05) is 0 Å². The van der Waals surface area contributed by atoms with Crippen molar-refractivity contribution in [3.8, 4) is 16.9 Å². The lowest BCUT2D eigenvalue weighted by molar-refractivity contribution is -0.274. The summed E-state index contributed by atoms with van der Waals surface area (Å²) in [5, 5.41) is 0.467. The minimum atomic E-state index is -4.81. The van der Waals surface area contributed by atoms with Gasteiger partial charge in [0, 0.05) is 30.0 Å². The van der Waals surface area contributed by atoms with Crippen molar-refractivity contribution < 1.29 is 36.3 Å². The molecule has 3 aromatic rings. The zero-order chi connectivity index (χ0) is 26.1. The molecule has 0 unspecified atom stereocenters. The fourth-order valence-electron chi connectivity index (χ4n) is 4.08. The van der Waals surface area contributed by atoms with Crippen molar-refractivity contribution >= 4 is 22.6 Å². The van der Waals surface area contributed by atoms with Crippen molar-refractivity contribution in [3.05, 3.63) is 71.7 Å². The second-order valence-corrected chi connectivity index (χ2v) is 8.28. The number of ether oxygens (including phenoxy) is 1. The second kappa shape index (κ2) is 9.53. The molecule has 36 heavy (non-hydrogen) atoms. The number of carbonyl (C=O) groups excluding carboxylic acids is 2. The number of hydrogen-bond acceptors (Lipinski definition) is 4. The molecule has 1 aliphatic heterocycles. The summed E-state index contributed by atoms with van der Waals surface area (Å²) < 4.78 is 68.3. The number of ketones is 1. The fourth-order valence-corrected chi connectivity index (χ4v) is 4.08. The highest BCUT2D eigenvalue weighted by atomic mass is 19.4. The average Bonchev–Trinajstić information content (AvgIpc) is 3.15. The van der Waals surface area contributed by atoms with Gasteiger partial charge in [-0.1, -0.05) is 18.2 Å². The number of alkyl halides is 5. The van der Waals surface area contributed by atoms with Crippen LogP contribution in [0.25, 0.3) is 26.9 Å². The van der Waals surface area contributed by atoms with Gasteiger partial charge in [0.2, 0.25) is 5.91 Å². The van der Waals surface area contributed by atoms with Gasteiger partial charge in [-0.05, 0) is 41.5 Å². The molecule has 1 amide bonds. The molecule has 1 atom stereocenters. The number of halogens is 5. The van der Waals surface area contributed by atoms with E-state index in [0.29, 0.717) is 22.0 Å². The van der Waals surface area contributed by atoms with Crippen molar-refractivity contribution in [1.29, 1.82) is 0 Å². The quantitative estimate of drug-likeness (QED) is 0.240. The van der Waals surface area contributed by atoms with Crippen molar-refractivity contribution in [2.24, 2.45) is 0 Å². The summed E-state index contributed by atoms with van der Waals surface area (Å²) in [5.41, 5.74) is 1.93. The molecular weight excluding hydrogens is 485 g/mol. The van der Waals surface area contributed by atoms with Crippen LogP contribution in [0.5, 0.6) is 5.75 Å². The Balaban J connectivity index is 1.52. The summed E-state index contributed by atoms with van der Waals surface area (Å²) in [6, 6.07) is 11.7. The van der Waals surface area contributed by atoms with Crippen LogP contribution in [-0.4, -0.2) is 46.6 Å². The van der Waals surface area contributed by atoms with Crippen LogP contribution in [0.3, 0.4) is 0 Å². The van der Waals surface area contributed by atoms with Gasteiger partial charge < -0.3 is 4.74 Å². The van der Waals surface area contributed by atoms with Gasteiger partial charge in [-0.2, -0.15) is 0 Å². The fraction of sp³-hybridized carbons (Fsp3) is 0.280. The van der Waals surface area contributed by atoms with E-state index in [9.17, 15) is 31.5 Å². The number of nitrogens with zero attached hydrogens (tertiary/aromatic N) is 3. The van der Waals surface area contributed by atoms with Crippen LogP contribution in [-0.2, 0) is 4.79 Å². The summed E-state index contributed by atoms with van der Waals surface area (Å²) in [5.74, 6) is -4.61. The van der Waals surface area contributed by atoms with Gasteiger partial charge in [0.1, 0.15) is 12.2 Å². The smallest absolute Gasteiger partial charge is 0.406 e. The maximum Gasteiger partial charge on any atom is 0.573 e. The monoisotopic (exact) mass is 503 g/mol. The third-order valence-electron chi connectivity index (χ3n) is 5.74. The standard InChI is InChI=1S/C25H18F5N3O3/c1-31-22-13-24(26,27)14-33(22)23(35)9-8-21(34)18-10-11-32-20-7-4-16(12-19(18)20)15-2-5-17(6-3-15)36-25(28,29)30/h2-7,10-12,22H,8-9,13-14H2/t22-/m0/s1. The van der Waals surface area contributed by atoms with Crippen LogP contribution in [0.4, 0.5) is 22.0 Å². The molecule has 6 nitrogen and oxygen atoms in total. The third-order valence-corrected chi connectivity index (χ3v) is 5.74. The van der Waals surface area contributed by atoms with Crippen molar-refractivity contribution in [2.75, 3.05) is 6.54 Å². The Morgan fingerprint density at radius 1 is 1.08 bits per heavy atom.